The zero-order valence-corrected chi connectivity index (χ0v) is 14.1. The second-order valence-corrected chi connectivity index (χ2v) is 7.06. The van der Waals surface area contributed by atoms with Crippen molar-refractivity contribution in [2.45, 2.75) is 30.6 Å². The van der Waals surface area contributed by atoms with Crippen LogP contribution in [0.2, 0.25) is 0 Å². The Hall–Kier alpha value is -1.66. The predicted octanol–water partition coefficient (Wildman–Crippen LogP) is 2.86. The molecule has 1 aliphatic heterocycles. The standard InChI is InChI=1S/C18H20FNO3S/c19-14-4-2-1-3-13(14)17(18(23)11-5-6-11)20-8-7-15(24)12(10-20)9-16(21)22/h1-4,9,11,15,17,24H,5-8,10H2,(H,21,22)/b12-9-/t15-,17+/m0/s1. The second-order valence-electron chi connectivity index (χ2n) is 6.43. The minimum Gasteiger partial charge on any atom is -0.478 e. The lowest BCUT2D eigenvalue weighted by molar-refractivity contribution is -0.131. The molecule has 4 nitrogen and oxygen atoms in total. The van der Waals surface area contributed by atoms with Crippen molar-refractivity contribution in [2.75, 3.05) is 13.1 Å². The summed E-state index contributed by atoms with van der Waals surface area (Å²) in [5.74, 6) is -1.39. The summed E-state index contributed by atoms with van der Waals surface area (Å²) >= 11 is 4.44. The maximum atomic E-state index is 14.3. The van der Waals surface area contributed by atoms with Crippen molar-refractivity contribution >= 4 is 24.4 Å². The molecule has 0 amide bonds. The third-order valence-electron chi connectivity index (χ3n) is 4.63. The Morgan fingerprint density at radius 3 is 2.62 bits per heavy atom. The van der Waals surface area contributed by atoms with Crippen molar-refractivity contribution in [3.05, 3.63) is 47.3 Å². The largest absolute Gasteiger partial charge is 0.478 e. The molecule has 1 aromatic carbocycles. The first-order valence-corrected chi connectivity index (χ1v) is 8.62. The summed E-state index contributed by atoms with van der Waals surface area (Å²) in [6, 6.07) is 5.69. The molecule has 0 bridgehead atoms. The van der Waals surface area contributed by atoms with Crippen LogP contribution in [0.3, 0.4) is 0 Å². The summed E-state index contributed by atoms with van der Waals surface area (Å²) < 4.78 is 14.3. The molecular weight excluding hydrogens is 329 g/mol. The Balaban J connectivity index is 1.92. The Bertz CT molecular complexity index is 687. The minimum absolute atomic E-state index is 0.00441. The highest BCUT2D eigenvalue weighted by Crippen LogP contribution is 2.39. The Morgan fingerprint density at radius 2 is 2.00 bits per heavy atom. The number of Topliss-reactive ketones (excluding diaryl/α,β-unsaturated/α-hetero) is 1. The van der Waals surface area contributed by atoms with Crippen molar-refractivity contribution in [2.24, 2.45) is 5.92 Å². The van der Waals surface area contributed by atoms with Gasteiger partial charge in [-0.15, -0.1) is 0 Å². The molecule has 2 atom stereocenters. The summed E-state index contributed by atoms with van der Waals surface area (Å²) in [6.45, 7) is 0.903. The fraction of sp³-hybridized carbons (Fsp3) is 0.444. The van der Waals surface area contributed by atoms with Gasteiger partial charge in [0.2, 0.25) is 0 Å². The molecular formula is C18H20FNO3S. The first kappa shape index (κ1) is 17.2. The Kier molecular flexibility index (Phi) is 5.06. The van der Waals surface area contributed by atoms with Crippen LogP contribution in [-0.2, 0) is 9.59 Å². The van der Waals surface area contributed by atoms with E-state index in [1.54, 1.807) is 18.2 Å². The lowest BCUT2D eigenvalue weighted by Gasteiger charge is -2.37. The van der Waals surface area contributed by atoms with E-state index in [1.165, 1.54) is 6.07 Å². The topological polar surface area (TPSA) is 57.6 Å². The van der Waals surface area contributed by atoms with E-state index in [0.29, 0.717) is 30.6 Å². The fourth-order valence-corrected chi connectivity index (χ4v) is 3.50. The molecule has 2 aliphatic rings. The van der Waals surface area contributed by atoms with Crippen LogP contribution in [0, 0.1) is 11.7 Å². The van der Waals surface area contributed by atoms with E-state index in [-0.39, 0.29) is 17.0 Å². The molecule has 0 unspecified atom stereocenters. The summed E-state index contributed by atoms with van der Waals surface area (Å²) in [5, 5.41) is 8.88. The van der Waals surface area contributed by atoms with E-state index >= 15 is 0 Å². The molecule has 24 heavy (non-hydrogen) atoms. The number of benzene rings is 1. The number of ketones is 1. The zero-order chi connectivity index (χ0) is 17.3. The van der Waals surface area contributed by atoms with E-state index in [9.17, 15) is 14.0 Å². The molecule has 3 rings (SSSR count). The van der Waals surface area contributed by atoms with Gasteiger partial charge in [0.1, 0.15) is 5.82 Å². The zero-order valence-electron chi connectivity index (χ0n) is 13.2. The van der Waals surface area contributed by atoms with Gasteiger partial charge in [-0.25, -0.2) is 9.18 Å². The third kappa shape index (κ3) is 3.70. The summed E-state index contributed by atoms with van der Waals surface area (Å²) in [7, 11) is 0. The number of carbonyl (C=O) groups excluding carboxylic acids is 1. The molecule has 1 saturated carbocycles. The van der Waals surface area contributed by atoms with Gasteiger partial charge in [0.15, 0.2) is 5.78 Å². The van der Waals surface area contributed by atoms with E-state index in [2.05, 4.69) is 12.6 Å². The summed E-state index contributed by atoms with van der Waals surface area (Å²) in [6.07, 6.45) is 3.49. The second kappa shape index (κ2) is 7.07. The first-order chi connectivity index (χ1) is 11.5. The van der Waals surface area contributed by atoms with Crippen molar-refractivity contribution in [1.82, 2.24) is 4.90 Å². The average molecular weight is 349 g/mol. The molecule has 0 aromatic heterocycles. The van der Waals surface area contributed by atoms with Gasteiger partial charge in [-0.1, -0.05) is 18.2 Å². The number of thiol groups is 1. The number of halogens is 1. The van der Waals surface area contributed by atoms with E-state index in [1.807, 2.05) is 4.90 Å². The van der Waals surface area contributed by atoms with Crippen molar-refractivity contribution in [3.63, 3.8) is 0 Å². The normalized spacial score (nSPS) is 24.8. The van der Waals surface area contributed by atoms with Gasteiger partial charge in [-0.05, 0) is 30.9 Å². The van der Waals surface area contributed by atoms with Gasteiger partial charge in [0, 0.05) is 35.9 Å². The monoisotopic (exact) mass is 349 g/mol. The van der Waals surface area contributed by atoms with Crippen LogP contribution in [0.4, 0.5) is 4.39 Å². The lowest BCUT2D eigenvalue weighted by Crippen LogP contribution is -2.42. The number of nitrogens with zero attached hydrogens (tertiary/aromatic N) is 1. The molecule has 6 heteroatoms. The van der Waals surface area contributed by atoms with Crippen LogP contribution in [0.15, 0.2) is 35.9 Å². The van der Waals surface area contributed by atoms with Gasteiger partial charge in [-0.2, -0.15) is 12.6 Å². The van der Waals surface area contributed by atoms with Crippen LogP contribution in [0.1, 0.15) is 30.9 Å². The van der Waals surface area contributed by atoms with Crippen molar-refractivity contribution in [1.29, 1.82) is 0 Å². The highest BCUT2D eigenvalue weighted by atomic mass is 32.1. The minimum atomic E-state index is -1.03. The smallest absolute Gasteiger partial charge is 0.328 e. The molecule has 1 aromatic rings. The molecule has 2 fully saturated rings. The number of likely N-dealkylation sites (tertiary alicyclic amines) is 1. The van der Waals surface area contributed by atoms with Crippen molar-refractivity contribution < 1.29 is 19.1 Å². The van der Waals surface area contributed by atoms with Gasteiger partial charge in [0.05, 0.1) is 6.04 Å². The van der Waals surface area contributed by atoms with Crippen LogP contribution in [-0.4, -0.2) is 40.1 Å². The molecule has 1 aliphatic carbocycles. The number of rotatable bonds is 5. The first-order valence-electron chi connectivity index (χ1n) is 8.11. The van der Waals surface area contributed by atoms with Gasteiger partial charge in [-0.3, -0.25) is 9.69 Å². The van der Waals surface area contributed by atoms with Gasteiger partial charge >= 0.3 is 5.97 Å². The van der Waals surface area contributed by atoms with E-state index in [0.717, 1.165) is 18.9 Å². The summed E-state index contributed by atoms with van der Waals surface area (Å²) in [4.78, 5) is 25.7. The number of hydrogen-bond acceptors (Lipinski definition) is 4. The number of aliphatic carboxylic acids is 1. The summed E-state index contributed by atoms with van der Waals surface area (Å²) in [5.41, 5.74) is 1.03. The molecule has 1 heterocycles. The van der Waals surface area contributed by atoms with Gasteiger partial charge in [0.25, 0.3) is 0 Å². The Labute approximate surface area is 145 Å². The average Bonchev–Trinajstić information content (AvgIpc) is 3.36. The fourth-order valence-electron chi connectivity index (χ4n) is 3.23. The molecule has 1 N–H and O–H groups in total. The number of piperidine rings is 1. The van der Waals surface area contributed by atoms with E-state index in [4.69, 9.17) is 5.11 Å². The van der Waals surface area contributed by atoms with Crippen LogP contribution in [0.25, 0.3) is 0 Å². The highest BCUT2D eigenvalue weighted by Gasteiger charge is 2.40. The lowest BCUT2D eigenvalue weighted by atomic mass is 9.93. The maximum absolute atomic E-state index is 14.3. The highest BCUT2D eigenvalue weighted by molar-refractivity contribution is 7.81. The number of hydrogen-bond donors (Lipinski definition) is 2. The SMILES string of the molecule is O=C(O)/C=C1/CN([C@@H](C(=O)C2CC2)c2ccccc2F)CC[C@@H]1S. The quantitative estimate of drug-likeness (QED) is 0.634. The molecule has 0 spiro atoms. The van der Waals surface area contributed by atoms with Crippen LogP contribution >= 0.6 is 12.6 Å². The molecule has 128 valence electrons. The number of carbonyl (C=O) groups is 2. The van der Waals surface area contributed by atoms with E-state index < -0.39 is 17.8 Å². The third-order valence-corrected chi connectivity index (χ3v) is 5.22. The van der Waals surface area contributed by atoms with Gasteiger partial charge < -0.3 is 5.11 Å². The number of carboxylic acids is 1. The van der Waals surface area contributed by atoms with Crippen molar-refractivity contribution in [3.8, 4) is 0 Å². The van der Waals surface area contributed by atoms with Crippen LogP contribution < -0.4 is 0 Å². The maximum Gasteiger partial charge on any atom is 0.328 e. The predicted molar refractivity (Wildman–Crippen MR) is 91.6 cm³/mol. The molecule has 1 saturated heterocycles. The van der Waals surface area contributed by atoms with Crippen LogP contribution in [0.5, 0.6) is 0 Å². The molecule has 0 radical (unpaired) electrons. The number of carboxylic acid groups (broad SMARTS) is 1. The Morgan fingerprint density at radius 1 is 1.29 bits per heavy atom.